The summed E-state index contributed by atoms with van der Waals surface area (Å²) in [6.07, 6.45) is 1.71. The largest absolute Gasteiger partial charge is 0.363 e. The first-order chi connectivity index (χ1) is 9.67. The summed E-state index contributed by atoms with van der Waals surface area (Å²) in [6, 6.07) is 5.89. The molecule has 0 amide bonds. The van der Waals surface area contributed by atoms with Gasteiger partial charge in [-0.05, 0) is 37.1 Å². The molecule has 0 N–H and O–H groups in total. The van der Waals surface area contributed by atoms with Gasteiger partial charge in [-0.15, -0.1) is 0 Å². The second-order valence-electron chi connectivity index (χ2n) is 5.03. The van der Waals surface area contributed by atoms with E-state index in [9.17, 15) is 4.79 Å². The zero-order chi connectivity index (χ0) is 14.1. The normalized spacial score (nSPS) is 13.6. The van der Waals surface area contributed by atoms with Crippen LogP contribution >= 0.6 is 0 Å². The maximum absolute atomic E-state index is 11.4. The molecule has 104 valence electrons. The second-order valence-corrected chi connectivity index (χ2v) is 5.03. The number of Topliss-reactive ketones (excluding diaryl/α,β-unsaturated/α-hetero) is 1. The molecule has 1 aromatic heterocycles. The lowest BCUT2D eigenvalue weighted by molar-refractivity contribution is 0.101. The topological polar surface area (TPSA) is 59.2 Å². The molecule has 0 bridgehead atoms. The number of fused-ring (bicyclic) bond motifs is 1. The van der Waals surface area contributed by atoms with Crippen molar-refractivity contribution >= 4 is 11.5 Å². The number of aromatic nitrogens is 2. The van der Waals surface area contributed by atoms with Gasteiger partial charge in [-0.25, -0.2) is 0 Å². The van der Waals surface area contributed by atoms with Crippen LogP contribution in [0.1, 0.15) is 41.5 Å². The second kappa shape index (κ2) is 5.07. The molecule has 0 saturated heterocycles. The minimum Gasteiger partial charge on any atom is -0.363 e. The van der Waals surface area contributed by atoms with Crippen molar-refractivity contribution in [1.29, 1.82) is 0 Å². The van der Waals surface area contributed by atoms with Crippen LogP contribution in [0.3, 0.4) is 0 Å². The van der Waals surface area contributed by atoms with E-state index in [0.29, 0.717) is 18.3 Å². The van der Waals surface area contributed by atoms with Crippen molar-refractivity contribution < 1.29 is 9.32 Å². The maximum atomic E-state index is 11.4. The summed E-state index contributed by atoms with van der Waals surface area (Å²) >= 11 is 0. The number of ketones is 1. The Bertz CT molecular complexity index is 648. The molecule has 20 heavy (non-hydrogen) atoms. The zero-order valence-electron chi connectivity index (χ0n) is 11.7. The van der Waals surface area contributed by atoms with Crippen LogP contribution in [-0.2, 0) is 19.4 Å². The lowest BCUT2D eigenvalue weighted by Gasteiger charge is -2.17. The molecule has 1 aromatic carbocycles. The summed E-state index contributed by atoms with van der Waals surface area (Å²) < 4.78 is 5.13. The monoisotopic (exact) mass is 271 g/mol. The van der Waals surface area contributed by atoms with E-state index >= 15 is 0 Å². The standard InChI is InChI=1S/C15H17N3O2/c1-3-15-16-14(17-20-15)9-18-7-6-12-8-11(10(2)19)4-5-13(12)18/h4-5,8H,3,6-7,9H2,1-2H3. The first-order valence-corrected chi connectivity index (χ1v) is 6.87. The van der Waals surface area contributed by atoms with Crippen LogP contribution < -0.4 is 4.90 Å². The van der Waals surface area contributed by atoms with Crippen molar-refractivity contribution in [1.82, 2.24) is 10.1 Å². The molecule has 0 fully saturated rings. The summed E-state index contributed by atoms with van der Waals surface area (Å²) in [6.45, 7) is 5.16. The van der Waals surface area contributed by atoms with Gasteiger partial charge in [0.1, 0.15) is 0 Å². The molecule has 0 saturated carbocycles. The smallest absolute Gasteiger partial charge is 0.226 e. The van der Waals surface area contributed by atoms with E-state index in [1.54, 1.807) is 6.92 Å². The number of carbonyl (C=O) groups is 1. The summed E-state index contributed by atoms with van der Waals surface area (Å²) in [4.78, 5) is 18.0. The van der Waals surface area contributed by atoms with Crippen molar-refractivity contribution in [2.45, 2.75) is 33.2 Å². The number of hydrogen-bond acceptors (Lipinski definition) is 5. The quantitative estimate of drug-likeness (QED) is 0.799. The first-order valence-electron chi connectivity index (χ1n) is 6.87. The van der Waals surface area contributed by atoms with E-state index in [0.717, 1.165) is 30.6 Å². The Hall–Kier alpha value is -2.17. The van der Waals surface area contributed by atoms with Gasteiger partial charge in [0.15, 0.2) is 11.6 Å². The van der Waals surface area contributed by atoms with E-state index in [4.69, 9.17) is 4.52 Å². The number of hydrogen-bond donors (Lipinski definition) is 0. The van der Waals surface area contributed by atoms with Crippen LogP contribution in [0.25, 0.3) is 0 Å². The minimum atomic E-state index is 0.108. The van der Waals surface area contributed by atoms with E-state index in [2.05, 4.69) is 15.0 Å². The van der Waals surface area contributed by atoms with Crippen molar-refractivity contribution in [3.8, 4) is 0 Å². The van der Waals surface area contributed by atoms with Gasteiger partial charge in [0.2, 0.25) is 5.89 Å². The van der Waals surface area contributed by atoms with Crippen molar-refractivity contribution in [2.24, 2.45) is 0 Å². The molecule has 0 radical (unpaired) electrons. The highest BCUT2D eigenvalue weighted by molar-refractivity contribution is 5.94. The third-order valence-corrected chi connectivity index (χ3v) is 3.62. The van der Waals surface area contributed by atoms with Crippen LogP contribution in [0.15, 0.2) is 22.7 Å². The van der Waals surface area contributed by atoms with Gasteiger partial charge in [0, 0.05) is 24.2 Å². The highest BCUT2D eigenvalue weighted by Gasteiger charge is 2.21. The van der Waals surface area contributed by atoms with Crippen LogP contribution in [0, 0.1) is 0 Å². The van der Waals surface area contributed by atoms with Gasteiger partial charge in [-0.3, -0.25) is 4.79 Å². The zero-order valence-corrected chi connectivity index (χ0v) is 11.7. The molecule has 0 spiro atoms. The minimum absolute atomic E-state index is 0.108. The molecule has 0 unspecified atom stereocenters. The van der Waals surface area contributed by atoms with Gasteiger partial charge in [-0.2, -0.15) is 4.98 Å². The van der Waals surface area contributed by atoms with Crippen LogP contribution in [0.5, 0.6) is 0 Å². The first kappa shape index (κ1) is 12.8. The van der Waals surface area contributed by atoms with Crippen molar-refractivity contribution in [3.63, 3.8) is 0 Å². The van der Waals surface area contributed by atoms with Gasteiger partial charge in [-0.1, -0.05) is 12.1 Å². The Balaban J connectivity index is 1.80. The average Bonchev–Trinajstić information content (AvgIpc) is 3.06. The van der Waals surface area contributed by atoms with E-state index in [1.807, 2.05) is 25.1 Å². The predicted molar refractivity (Wildman–Crippen MR) is 74.9 cm³/mol. The highest BCUT2D eigenvalue weighted by atomic mass is 16.5. The Labute approximate surface area is 117 Å². The summed E-state index contributed by atoms with van der Waals surface area (Å²) in [5, 5.41) is 3.99. The van der Waals surface area contributed by atoms with Gasteiger partial charge in [0.25, 0.3) is 0 Å². The Morgan fingerprint density at radius 3 is 3.00 bits per heavy atom. The summed E-state index contributed by atoms with van der Waals surface area (Å²) in [5.41, 5.74) is 3.16. The summed E-state index contributed by atoms with van der Waals surface area (Å²) in [7, 11) is 0. The number of rotatable bonds is 4. The van der Waals surface area contributed by atoms with Gasteiger partial charge in [0.05, 0.1) is 6.54 Å². The lowest BCUT2D eigenvalue weighted by Crippen LogP contribution is -2.20. The van der Waals surface area contributed by atoms with E-state index in [-0.39, 0.29) is 5.78 Å². The molecule has 2 aromatic rings. The molecular formula is C15H17N3O2. The number of carbonyl (C=O) groups excluding carboxylic acids is 1. The highest BCUT2D eigenvalue weighted by Crippen LogP contribution is 2.29. The third kappa shape index (κ3) is 2.31. The fraction of sp³-hybridized carbons (Fsp3) is 0.400. The van der Waals surface area contributed by atoms with Gasteiger partial charge < -0.3 is 9.42 Å². The maximum Gasteiger partial charge on any atom is 0.226 e. The van der Waals surface area contributed by atoms with Crippen LogP contribution in [-0.4, -0.2) is 22.5 Å². The fourth-order valence-corrected chi connectivity index (χ4v) is 2.52. The number of aryl methyl sites for hydroxylation is 1. The molecule has 3 rings (SSSR count). The van der Waals surface area contributed by atoms with Crippen molar-refractivity contribution in [2.75, 3.05) is 11.4 Å². The van der Waals surface area contributed by atoms with Crippen LogP contribution in [0.4, 0.5) is 5.69 Å². The Morgan fingerprint density at radius 2 is 2.30 bits per heavy atom. The molecule has 0 atom stereocenters. The summed E-state index contributed by atoms with van der Waals surface area (Å²) in [5.74, 6) is 1.49. The Kier molecular flexibility index (Phi) is 3.26. The van der Waals surface area contributed by atoms with Gasteiger partial charge >= 0.3 is 0 Å². The molecule has 1 aliphatic rings. The van der Waals surface area contributed by atoms with E-state index < -0.39 is 0 Å². The molecule has 5 heteroatoms. The molecule has 5 nitrogen and oxygen atoms in total. The Morgan fingerprint density at radius 1 is 1.45 bits per heavy atom. The molecular weight excluding hydrogens is 254 g/mol. The SMILES string of the molecule is CCc1nc(CN2CCc3cc(C(C)=O)ccc32)no1. The molecule has 0 aliphatic carbocycles. The fourth-order valence-electron chi connectivity index (χ4n) is 2.52. The predicted octanol–water partition coefficient (Wildman–Crippen LogP) is 2.40. The lowest BCUT2D eigenvalue weighted by atomic mass is 10.1. The van der Waals surface area contributed by atoms with E-state index in [1.165, 1.54) is 5.56 Å². The van der Waals surface area contributed by atoms with Crippen LogP contribution in [0.2, 0.25) is 0 Å². The molecule has 1 aliphatic heterocycles. The number of benzene rings is 1. The average molecular weight is 271 g/mol. The molecule has 2 heterocycles. The van der Waals surface area contributed by atoms with Crippen molar-refractivity contribution in [3.05, 3.63) is 41.0 Å². The third-order valence-electron chi connectivity index (χ3n) is 3.62. The number of nitrogens with zero attached hydrogens (tertiary/aromatic N) is 3. The number of anilines is 1.